The van der Waals surface area contributed by atoms with Crippen LogP contribution in [0.5, 0.6) is 0 Å². The lowest BCUT2D eigenvalue weighted by atomic mass is 10.0. The maximum absolute atomic E-state index is 10.5. The molecule has 0 spiro atoms. The molecule has 0 saturated heterocycles. The summed E-state index contributed by atoms with van der Waals surface area (Å²) in [6, 6.07) is 0. The largest absolute Gasteiger partial charge is 0.323 e. The van der Waals surface area contributed by atoms with Crippen molar-refractivity contribution in [3.63, 3.8) is 0 Å². The second-order valence-corrected chi connectivity index (χ2v) is 8.31. The molecule has 2 N–H and O–H groups in total. The Labute approximate surface area is 151 Å². The van der Waals surface area contributed by atoms with E-state index in [1.54, 1.807) is 0 Å². The molecule has 0 bridgehead atoms. The van der Waals surface area contributed by atoms with Crippen molar-refractivity contribution in [3.05, 3.63) is 0 Å². The van der Waals surface area contributed by atoms with Crippen LogP contribution in [-0.2, 0) is 10.1 Å². The van der Waals surface area contributed by atoms with Crippen LogP contribution in [0, 0.1) is 0 Å². The van der Waals surface area contributed by atoms with Crippen LogP contribution in [0.2, 0.25) is 0 Å². The molecular formula is C19H43NO3S. The first kappa shape index (κ1) is 26.1. The van der Waals surface area contributed by atoms with Gasteiger partial charge in [0.1, 0.15) is 0 Å². The molecule has 24 heavy (non-hydrogen) atoms. The lowest BCUT2D eigenvalue weighted by Crippen LogP contribution is -2.03. The molecule has 0 aromatic carbocycles. The maximum Gasteiger partial charge on any atom is 0.264 e. The highest BCUT2D eigenvalue weighted by atomic mass is 32.2. The molecule has 0 aromatic rings. The molecule has 0 aromatic heterocycles. The van der Waals surface area contributed by atoms with Crippen molar-refractivity contribution in [1.29, 1.82) is 0 Å². The Morgan fingerprint density at radius 3 is 1.12 bits per heavy atom. The molecule has 0 atom stereocenters. The third-order valence-corrected chi connectivity index (χ3v) is 4.81. The van der Waals surface area contributed by atoms with Gasteiger partial charge in [-0.2, -0.15) is 8.42 Å². The minimum absolute atomic E-state index is 0.0781. The maximum atomic E-state index is 10.5. The number of nitrogens with one attached hydrogen (secondary N) is 1. The average molecular weight is 366 g/mol. The van der Waals surface area contributed by atoms with Crippen LogP contribution in [0.1, 0.15) is 103 Å². The van der Waals surface area contributed by atoms with Crippen LogP contribution >= 0.6 is 0 Å². The van der Waals surface area contributed by atoms with Crippen LogP contribution in [0.3, 0.4) is 0 Å². The van der Waals surface area contributed by atoms with Gasteiger partial charge in [0.2, 0.25) is 0 Å². The standard InChI is InChI=1S/C17H36O3S.C2H7N/c1-2-3-4-5-6-7-8-9-10-11-12-13-14-15-16-17-21(18,19)20;1-3-2/h2-17H2,1H3,(H,18,19,20);3H,1-2H3. The van der Waals surface area contributed by atoms with E-state index in [0.29, 0.717) is 6.42 Å². The lowest BCUT2D eigenvalue weighted by Gasteiger charge is -2.03. The van der Waals surface area contributed by atoms with Gasteiger partial charge >= 0.3 is 0 Å². The van der Waals surface area contributed by atoms with Crippen LogP contribution in [0.25, 0.3) is 0 Å². The fraction of sp³-hybridized carbons (Fsp3) is 1.00. The summed E-state index contributed by atoms with van der Waals surface area (Å²) in [5.41, 5.74) is 0. The molecule has 0 unspecified atom stereocenters. The molecule has 0 radical (unpaired) electrons. The molecule has 0 aliphatic carbocycles. The van der Waals surface area contributed by atoms with E-state index < -0.39 is 10.1 Å². The smallest absolute Gasteiger partial charge is 0.264 e. The van der Waals surface area contributed by atoms with E-state index in [2.05, 4.69) is 12.2 Å². The van der Waals surface area contributed by atoms with Gasteiger partial charge in [-0.3, -0.25) is 4.55 Å². The topological polar surface area (TPSA) is 66.4 Å². The summed E-state index contributed by atoms with van der Waals surface area (Å²) >= 11 is 0. The highest BCUT2D eigenvalue weighted by Gasteiger charge is 2.02. The lowest BCUT2D eigenvalue weighted by molar-refractivity contribution is 0.478. The minimum Gasteiger partial charge on any atom is -0.323 e. The Morgan fingerprint density at radius 1 is 0.625 bits per heavy atom. The fourth-order valence-electron chi connectivity index (χ4n) is 2.66. The Balaban J connectivity index is 0. The Hall–Kier alpha value is -0.130. The van der Waals surface area contributed by atoms with Gasteiger partial charge in [-0.05, 0) is 20.5 Å². The molecule has 0 amide bonds. The van der Waals surface area contributed by atoms with Gasteiger partial charge in [-0.15, -0.1) is 0 Å². The normalized spacial score (nSPS) is 11.2. The van der Waals surface area contributed by atoms with Crippen molar-refractivity contribution < 1.29 is 13.0 Å². The van der Waals surface area contributed by atoms with Crippen molar-refractivity contribution in [1.82, 2.24) is 5.32 Å². The molecule has 5 heteroatoms. The summed E-state index contributed by atoms with van der Waals surface area (Å²) in [5, 5.41) is 2.75. The van der Waals surface area contributed by atoms with Crippen LogP contribution in [0.4, 0.5) is 0 Å². The van der Waals surface area contributed by atoms with Gasteiger partial charge in [0, 0.05) is 0 Å². The van der Waals surface area contributed by atoms with Crippen LogP contribution < -0.4 is 5.32 Å². The van der Waals surface area contributed by atoms with E-state index >= 15 is 0 Å². The summed E-state index contributed by atoms with van der Waals surface area (Å²) in [7, 11) is 0.00794. The zero-order valence-corrected chi connectivity index (χ0v) is 17.3. The highest BCUT2D eigenvalue weighted by Crippen LogP contribution is 2.13. The Bertz CT molecular complexity index is 319. The average Bonchev–Trinajstić information content (AvgIpc) is 2.51. The van der Waals surface area contributed by atoms with Gasteiger partial charge in [0.15, 0.2) is 0 Å². The SMILES string of the molecule is CCCCCCCCCCCCCCCCCS(=O)(=O)O.CNC. The van der Waals surface area contributed by atoms with Gasteiger partial charge in [-0.25, -0.2) is 0 Å². The van der Waals surface area contributed by atoms with Crippen molar-refractivity contribution in [3.8, 4) is 0 Å². The molecule has 0 rings (SSSR count). The number of rotatable bonds is 16. The summed E-state index contributed by atoms with van der Waals surface area (Å²) in [6.45, 7) is 2.26. The number of hydrogen-bond donors (Lipinski definition) is 2. The van der Waals surface area contributed by atoms with E-state index in [9.17, 15) is 8.42 Å². The molecule has 0 saturated carbocycles. The summed E-state index contributed by atoms with van der Waals surface area (Å²) < 4.78 is 29.6. The van der Waals surface area contributed by atoms with E-state index in [4.69, 9.17) is 4.55 Å². The molecule has 4 nitrogen and oxygen atoms in total. The molecule has 148 valence electrons. The first-order chi connectivity index (χ1) is 11.5. The first-order valence-corrected chi connectivity index (χ1v) is 11.6. The third-order valence-electron chi connectivity index (χ3n) is 4.01. The van der Waals surface area contributed by atoms with Gasteiger partial charge in [-0.1, -0.05) is 96.8 Å². The van der Waals surface area contributed by atoms with E-state index in [0.717, 1.165) is 12.8 Å². The number of unbranched alkanes of at least 4 members (excludes halogenated alkanes) is 14. The predicted octanol–water partition coefficient (Wildman–Crippen LogP) is 5.58. The third kappa shape index (κ3) is 29.8. The molecule has 0 fully saturated rings. The highest BCUT2D eigenvalue weighted by molar-refractivity contribution is 7.85. The summed E-state index contributed by atoms with van der Waals surface area (Å²) in [4.78, 5) is 0. The molecule has 0 heterocycles. The predicted molar refractivity (Wildman–Crippen MR) is 106 cm³/mol. The van der Waals surface area contributed by atoms with Gasteiger partial charge in [0.05, 0.1) is 5.75 Å². The second-order valence-electron chi connectivity index (χ2n) is 6.74. The molecular weight excluding hydrogens is 322 g/mol. The zero-order chi connectivity index (χ0) is 18.5. The van der Waals surface area contributed by atoms with E-state index in [1.807, 2.05) is 14.1 Å². The second kappa shape index (κ2) is 20.9. The van der Waals surface area contributed by atoms with Crippen LogP contribution in [0.15, 0.2) is 0 Å². The van der Waals surface area contributed by atoms with Gasteiger partial charge < -0.3 is 5.32 Å². The zero-order valence-electron chi connectivity index (χ0n) is 16.5. The summed E-state index contributed by atoms with van der Waals surface area (Å²) in [6.07, 6.45) is 18.8. The van der Waals surface area contributed by atoms with Crippen molar-refractivity contribution in [2.75, 3.05) is 19.8 Å². The Kier molecular flexibility index (Phi) is 22.7. The minimum atomic E-state index is -3.74. The van der Waals surface area contributed by atoms with E-state index in [-0.39, 0.29) is 5.75 Å². The number of hydrogen-bond acceptors (Lipinski definition) is 3. The van der Waals surface area contributed by atoms with Gasteiger partial charge in [0.25, 0.3) is 10.1 Å². The first-order valence-electron chi connectivity index (χ1n) is 10.0. The fourth-order valence-corrected chi connectivity index (χ4v) is 3.22. The van der Waals surface area contributed by atoms with Crippen molar-refractivity contribution in [2.24, 2.45) is 0 Å². The summed E-state index contributed by atoms with van der Waals surface area (Å²) in [5.74, 6) is -0.0781. The monoisotopic (exact) mass is 365 g/mol. The quantitative estimate of drug-likeness (QED) is 0.277. The van der Waals surface area contributed by atoms with E-state index in [1.165, 1.54) is 77.0 Å². The van der Waals surface area contributed by atoms with Crippen molar-refractivity contribution in [2.45, 2.75) is 103 Å². The van der Waals surface area contributed by atoms with Crippen LogP contribution in [-0.4, -0.2) is 32.8 Å². The molecule has 0 aliphatic rings. The van der Waals surface area contributed by atoms with Crippen molar-refractivity contribution >= 4 is 10.1 Å². The molecule has 0 aliphatic heterocycles. The Morgan fingerprint density at radius 2 is 0.875 bits per heavy atom.